The van der Waals surface area contributed by atoms with E-state index in [-0.39, 0.29) is 11.6 Å². The Morgan fingerprint density at radius 3 is 2.42 bits per heavy atom. The molecule has 0 atom stereocenters. The number of hydrogen-bond donors (Lipinski definition) is 1. The number of nitrogens with zero attached hydrogens (tertiary/aromatic N) is 1. The monoisotopic (exact) mass is 353 g/mol. The molecule has 1 aromatic carbocycles. The zero-order valence-corrected chi connectivity index (χ0v) is 15.1. The molecule has 0 aromatic heterocycles. The maximum atomic E-state index is 11.3. The normalized spacial score (nSPS) is 23.2. The fourth-order valence-electron chi connectivity index (χ4n) is 4.35. The zero-order chi connectivity index (χ0) is 17.2. The summed E-state index contributed by atoms with van der Waals surface area (Å²) in [6.45, 7) is 1.66. The van der Waals surface area contributed by atoms with Crippen LogP contribution in [0.1, 0.15) is 50.5 Å². The van der Waals surface area contributed by atoms with Crippen molar-refractivity contribution in [2.45, 2.75) is 56.6 Å². The first-order valence-corrected chi connectivity index (χ1v) is 10.6. The van der Waals surface area contributed by atoms with E-state index in [0.29, 0.717) is 5.75 Å². The third kappa shape index (κ3) is 3.92. The fourth-order valence-corrected chi connectivity index (χ4v) is 5.03. The van der Waals surface area contributed by atoms with Gasteiger partial charge in [0.15, 0.2) is 0 Å². The van der Waals surface area contributed by atoms with E-state index in [2.05, 4.69) is 11.0 Å². The molecular weight excluding hydrogens is 326 g/mol. The highest BCUT2D eigenvalue weighted by molar-refractivity contribution is 7.86. The number of likely N-dealkylation sites (tertiary alicyclic amines) is 1. The van der Waals surface area contributed by atoms with Crippen molar-refractivity contribution in [2.24, 2.45) is 0 Å². The van der Waals surface area contributed by atoms with E-state index in [0.717, 1.165) is 45.0 Å². The molecule has 1 N–H and O–H groups in total. The first-order chi connectivity index (χ1) is 11.4. The lowest BCUT2D eigenvalue weighted by atomic mass is 9.74. The summed E-state index contributed by atoms with van der Waals surface area (Å²) < 4.78 is 27.9. The summed E-state index contributed by atoms with van der Waals surface area (Å²) in [5.41, 5.74) is 1.15. The molecule has 0 spiro atoms. The van der Waals surface area contributed by atoms with E-state index in [1.54, 1.807) is 6.07 Å². The maximum absolute atomic E-state index is 11.3. The summed E-state index contributed by atoms with van der Waals surface area (Å²) >= 11 is 0. The second-order valence-corrected chi connectivity index (χ2v) is 8.73. The summed E-state index contributed by atoms with van der Waals surface area (Å²) in [4.78, 5) is 2.49. The molecule has 0 bridgehead atoms. The molecule has 0 unspecified atom stereocenters. The van der Waals surface area contributed by atoms with Gasteiger partial charge in [0, 0.05) is 18.6 Å². The van der Waals surface area contributed by atoms with Crippen LogP contribution in [-0.2, 0) is 19.8 Å². The van der Waals surface area contributed by atoms with Crippen LogP contribution in [0.4, 0.5) is 0 Å². The van der Waals surface area contributed by atoms with Gasteiger partial charge in [-0.25, -0.2) is 0 Å². The second-order valence-electron chi connectivity index (χ2n) is 7.13. The zero-order valence-electron chi connectivity index (χ0n) is 14.3. The van der Waals surface area contributed by atoms with E-state index in [1.165, 1.54) is 24.8 Å². The standard InChI is InChI=1S/C18H27NO4S/c1-24(21,22)23-17-8-12-19(13-9-17)18(10-3-2-4-11-18)15-6-5-7-16(20)14-15/h5-7,14,17,20H,2-4,8-13H2,1H3. The number of piperidine rings is 1. The number of phenols is 1. The molecule has 3 rings (SSSR count). The molecule has 1 saturated carbocycles. The quantitative estimate of drug-likeness (QED) is 0.843. The molecule has 0 amide bonds. The summed E-state index contributed by atoms with van der Waals surface area (Å²) in [7, 11) is -3.39. The Labute approximate surface area is 144 Å². The molecule has 1 aliphatic carbocycles. The number of phenolic OH excluding ortho intramolecular Hbond substituents is 1. The Kier molecular flexibility index (Phi) is 5.18. The molecule has 1 aliphatic heterocycles. The van der Waals surface area contributed by atoms with E-state index in [9.17, 15) is 13.5 Å². The first kappa shape index (κ1) is 17.7. The van der Waals surface area contributed by atoms with E-state index >= 15 is 0 Å². The number of rotatable bonds is 4. The predicted octanol–water partition coefficient (Wildman–Crippen LogP) is 2.99. The van der Waals surface area contributed by atoms with Crippen LogP contribution in [0, 0.1) is 0 Å². The Morgan fingerprint density at radius 1 is 1.17 bits per heavy atom. The molecule has 5 nitrogen and oxygen atoms in total. The van der Waals surface area contributed by atoms with Gasteiger partial charge in [-0.2, -0.15) is 8.42 Å². The Balaban J connectivity index is 1.78. The molecule has 24 heavy (non-hydrogen) atoms. The van der Waals surface area contributed by atoms with E-state index < -0.39 is 10.1 Å². The number of aromatic hydroxyl groups is 1. The molecule has 1 aromatic rings. The molecule has 1 saturated heterocycles. The average Bonchev–Trinajstić information content (AvgIpc) is 2.55. The lowest BCUT2D eigenvalue weighted by Gasteiger charge is -2.49. The predicted molar refractivity (Wildman–Crippen MR) is 93.4 cm³/mol. The number of hydrogen-bond acceptors (Lipinski definition) is 5. The van der Waals surface area contributed by atoms with Gasteiger partial charge in [0.2, 0.25) is 0 Å². The maximum Gasteiger partial charge on any atom is 0.264 e. The average molecular weight is 353 g/mol. The van der Waals surface area contributed by atoms with Gasteiger partial charge in [-0.05, 0) is 43.4 Å². The molecule has 2 aliphatic rings. The van der Waals surface area contributed by atoms with Gasteiger partial charge >= 0.3 is 0 Å². The van der Waals surface area contributed by atoms with Gasteiger partial charge in [0.05, 0.1) is 12.4 Å². The lowest BCUT2D eigenvalue weighted by Crippen LogP contribution is -2.52. The van der Waals surface area contributed by atoms with Gasteiger partial charge in [-0.15, -0.1) is 0 Å². The topological polar surface area (TPSA) is 66.8 Å². The third-order valence-electron chi connectivity index (χ3n) is 5.42. The Hall–Kier alpha value is -1.11. The van der Waals surface area contributed by atoms with Crippen molar-refractivity contribution in [3.63, 3.8) is 0 Å². The van der Waals surface area contributed by atoms with Gasteiger partial charge in [-0.3, -0.25) is 9.08 Å². The molecular formula is C18H27NO4S. The number of benzene rings is 1. The van der Waals surface area contributed by atoms with Crippen molar-refractivity contribution in [1.29, 1.82) is 0 Å². The highest BCUT2D eigenvalue weighted by Crippen LogP contribution is 2.44. The lowest BCUT2D eigenvalue weighted by molar-refractivity contribution is 0.000290. The fraction of sp³-hybridized carbons (Fsp3) is 0.667. The smallest absolute Gasteiger partial charge is 0.264 e. The third-order valence-corrected chi connectivity index (χ3v) is 6.04. The Bertz CT molecular complexity index is 659. The Morgan fingerprint density at radius 2 is 1.83 bits per heavy atom. The van der Waals surface area contributed by atoms with Gasteiger partial charge < -0.3 is 5.11 Å². The van der Waals surface area contributed by atoms with Crippen molar-refractivity contribution in [1.82, 2.24) is 4.90 Å². The molecule has 1 heterocycles. The highest BCUT2D eigenvalue weighted by atomic mass is 32.2. The second kappa shape index (κ2) is 7.02. The molecule has 6 heteroatoms. The summed E-state index contributed by atoms with van der Waals surface area (Å²) in [6.07, 6.45) is 8.19. The van der Waals surface area contributed by atoms with Crippen molar-refractivity contribution < 1.29 is 17.7 Å². The van der Waals surface area contributed by atoms with Crippen LogP contribution < -0.4 is 0 Å². The van der Waals surface area contributed by atoms with Crippen molar-refractivity contribution >= 4 is 10.1 Å². The molecule has 2 fully saturated rings. The summed E-state index contributed by atoms with van der Waals surface area (Å²) in [5, 5.41) is 9.92. The van der Waals surface area contributed by atoms with Crippen molar-refractivity contribution in [3.8, 4) is 5.75 Å². The van der Waals surface area contributed by atoms with Crippen LogP contribution in [0.15, 0.2) is 24.3 Å². The van der Waals surface area contributed by atoms with Crippen LogP contribution in [0.2, 0.25) is 0 Å². The van der Waals surface area contributed by atoms with E-state index in [1.807, 2.05) is 12.1 Å². The molecule has 134 valence electrons. The van der Waals surface area contributed by atoms with Crippen LogP contribution in [-0.4, -0.2) is 43.9 Å². The summed E-state index contributed by atoms with van der Waals surface area (Å²) in [6, 6.07) is 7.64. The highest BCUT2D eigenvalue weighted by Gasteiger charge is 2.41. The first-order valence-electron chi connectivity index (χ1n) is 8.82. The minimum absolute atomic E-state index is 0.0347. The van der Waals surface area contributed by atoms with E-state index in [4.69, 9.17) is 4.18 Å². The van der Waals surface area contributed by atoms with Crippen LogP contribution in [0.3, 0.4) is 0 Å². The van der Waals surface area contributed by atoms with Crippen molar-refractivity contribution in [3.05, 3.63) is 29.8 Å². The van der Waals surface area contributed by atoms with Gasteiger partial charge in [-0.1, -0.05) is 31.4 Å². The largest absolute Gasteiger partial charge is 0.508 e. The van der Waals surface area contributed by atoms with Crippen LogP contribution in [0.25, 0.3) is 0 Å². The molecule has 0 radical (unpaired) electrons. The van der Waals surface area contributed by atoms with Crippen molar-refractivity contribution in [2.75, 3.05) is 19.3 Å². The van der Waals surface area contributed by atoms with Crippen LogP contribution in [0.5, 0.6) is 5.75 Å². The SMILES string of the molecule is CS(=O)(=O)OC1CCN(C2(c3cccc(O)c3)CCCCC2)CC1. The van der Waals surface area contributed by atoms with Crippen LogP contribution >= 0.6 is 0 Å². The van der Waals surface area contributed by atoms with Gasteiger partial charge in [0.25, 0.3) is 10.1 Å². The summed E-state index contributed by atoms with van der Waals surface area (Å²) in [5.74, 6) is 0.313. The minimum Gasteiger partial charge on any atom is -0.508 e. The minimum atomic E-state index is -3.39. The van der Waals surface area contributed by atoms with Gasteiger partial charge in [0.1, 0.15) is 5.75 Å².